The largest absolute Gasteiger partial charge is 0.469 e. The van der Waals surface area contributed by atoms with Gasteiger partial charge in [-0.3, -0.25) is 9.59 Å². The summed E-state index contributed by atoms with van der Waals surface area (Å²) in [6, 6.07) is 0. The van der Waals surface area contributed by atoms with Crippen LogP contribution in [0.15, 0.2) is 11.1 Å². The molecule has 14 heavy (non-hydrogen) atoms. The highest BCUT2D eigenvalue weighted by molar-refractivity contribution is 8.03. The summed E-state index contributed by atoms with van der Waals surface area (Å²) in [5.41, 5.74) is 0. The van der Waals surface area contributed by atoms with E-state index < -0.39 is 0 Å². The average molecular weight is 215 g/mol. The Hall–Kier alpha value is -0.970. The van der Waals surface area contributed by atoms with Crippen molar-refractivity contribution in [1.29, 1.82) is 0 Å². The number of carbonyl (C=O) groups excluding carboxylic acids is 2. The quantitative estimate of drug-likeness (QED) is 0.710. The molecule has 1 unspecified atom stereocenters. The lowest BCUT2D eigenvalue weighted by atomic mass is 10.1. The molecule has 78 valence electrons. The molecule has 1 heterocycles. The van der Waals surface area contributed by atoms with E-state index in [1.54, 1.807) is 11.8 Å². The second-order valence-electron chi connectivity index (χ2n) is 3.06. The lowest BCUT2D eigenvalue weighted by Crippen LogP contribution is -2.16. The minimum atomic E-state index is -0.212. The maximum absolute atomic E-state index is 10.9. The van der Waals surface area contributed by atoms with Crippen LogP contribution in [-0.2, 0) is 14.3 Å². The average Bonchev–Trinajstić information content (AvgIpc) is 2.51. The Morgan fingerprint density at radius 1 is 1.71 bits per heavy atom. The van der Waals surface area contributed by atoms with Crippen molar-refractivity contribution in [1.82, 2.24) is 5.32 Å². The fraction of sp³-hybridized carbons (Fsp3) is 0.556. The lowest BCUT2D eigenvalue weighted by Gasteiger charge is -2.02. The van der Waals surface area contributed by atoms with Gasteiger partial charge in [-0.2, -0.15) is 0 Å². The highest BCUT2D eigenvalue weighted by atomic mass is 32.2. The van der Waals surface area contributed by atoms with Crippen LogP contribution in [0.1, 0.15) is 13.3 Å². The van der Waals surface area contributed by atoms with Gasteiger partial charge in [-0.15, -0.1) is 11.8 Å². The third-order valence-corrected chi connectivity index (χ3v) is 2.94. The van der Waals surface area contributed by atoms with E-state index in [4.69, 9.17) is 0 Å². The molecular weight excluding hydrogens is 202 g/mol. The minimum Gasteiger partial charge on any atom is -0.469 e. The van der Waals surface area contributed by atoms with Gasteiger partial charge in [-0.05, 0) is 12.0 Å². The molecule has 0 aromatic heterocycles. The van der Waals surface area contributed by atoms with Crippen LogP contribution >= 0.6 is 11.8 Å². The third kappa shape index (κ3) is 3.41. The Morgan fingerprint density at radius 3 is 3.00 bits per heavy atom. The monoisotopic (exact) mass is 215 g/mol. The number of carbonyl (C=O) groups is 2. The predicted molar refractivity (Wildman–Crippen MR) is 54.5 cm³/mol. The molecular formula is C9H13NO3S. The summed E-state index contributed by atoms with van der Waals surface area (Å²) in [6.45, 7) is 1.47. The van der Waals surface area contributed by atoms with Crippen molar-refractivity contribution in [3.05, 3.63) is 11.1 Å². The minimum absolute atomic E-state index is 0.0810. The molecule has 1 rings (SSSR count). The van der Waals surface area contributed by atoms with Gasteiger partial charge in [0.05, 0.1) is 18.6 Å². The normalized spacial score (nSPS) is 20.1. The van der Waals surface area contributed by atoms with Crippen molar-refractivity contribution in [3.8, 4) is 0 Å². The van der Waals surface area contributed by atoms with E-state index in [2.05, 4.69) is 10.1 Å². The van der Waals surface area contributed by atoms with Crippen LogP contribution in [0.4, 0.5) is 0 Å². The molecule has 0 saturated carbocycles. The number of hydrogen-bond donors (Lipinski definition) is 1. The molecule has 1 atom stereocenters. The van der Waals surface area contributed by atoms with Crippen molar-refractivity contribution >= 4 is 23.6 Å². The number of amides is 1. The molecule has 0 radical (unpaired) electrons. The van der Waals surface area contributed by atoms with Gasteiger partial charge in [-0.25, -0.2) is 0 Å². The SMILES string of the molecule is COC(=O)CC1C=C(NC(C)=O)SC1. The molecule has 1 aliphatic heterocycles. The number of esters is 1. The predicted octanol–water partition coefficient (Wildman–Crippen LogP) is 0.890. The zero-order valence-corrected chi connectivity index (χ0v) is 9.02. The molecule has 0 spiro atoms. The van der Waals surface area contributed by atoms with Gasteiger partial charge in [0, 0.05) is 12.7 Å². The smallest absolute Gasteiger partial charge is 0.306 e. The zero-order valence-electron chi connectivity index (χ0n) is 8.20. The number of nitrogens with one attached hydrogen (secondary N) is 1. The molecule has 0 aromatic carbocycles. The van der Waals surface area contributed by atoms with Crippen LogP contribution in [0.5, 0.6) is 0 Å². The number of ether oxygens (including phenoxy) is 1. The van der Waals surface area contributed by atoms with Crippen LogP contribution in [0.25, 0.3) is 0 Å². The summed E-state index contributed by atoms with van der Waals surface area (Å²) in [5, 5.41) is 3.54. The van der Waals surface area contributed by atoms with Crippen molar-refractivity contribution in [2.45, 2.75) is 13.3 Å². The van der Waals surface area contributed by atoms with E-state index in [-0.39, 0.29) is 17.8 Å². The Labute approximate surface area is 87.1 Å². The summed E-state index contributed by atoms with van der Waals surface area (Å²) >= 11 is 1.55. The number of hydrogen-bond acceptors (Lipinski definition) is 4. The first-order valence-corrected chi connectivity index (χ1v) is 5.29. The second-order valence-corrected chi connectivity index (χ2v) is 4.13. The third-order valence-electron chi connectivity index (χ3n) is 1.80. The fourth-order valence-electron chi connectivity index (χ4n) is 1.17. The fourth-order valence-corrected chi connectivity index (χ4v) is 2.29. The number of thioether (sulfide) groups is 1. The zero-order chi connectivity index (χ0) is 10.6. The Balaban J connectivity index is 2.41. The summed E-state index contributed by atoms with van der Waals surface area (Å²) < 4.78 is 4.56. The summed E-state index contributed by atoms with van der Waals surface area (Å²) in [7, 11) is 1.38. The van der Waals surface area contributed by atoms with E-state index in [0.717, 1.165) is 10.8 Å². The van der Waals surface area contributed by atoms with Crippen molar-refractivity contribution < 1.29 is 14.3 Å². The molecule has 1 aliphatic rings. The van der Waals surface area contributed by atoms with Crippen molar-refractivity contribution in [3.63, 3.8) is 0 Å². The first-order valence-electron chi connectivity index (χ1n) is 4.31. The maximum Gasteiger partial charge on any atom is 0.306 e. The van der Waals surface area contributed by atoms with Gasteiger partial charge in [0.1, 0.15) is 0 Å². The first kappa shape index (κ1) is 11.1. The summed E-state index contributed by atoms with van der Waals surface area (Å²) in [4.78, 5) is 21.7. The molecule has 5 heteroatoms. The Kier molecular flexibility index (Phi) is 4.00. The standard InChI is InChI=1S/C9H13NO3S/c1-6(11)10-8-3-7(5-14-8)4-9(12)13-2/h3,7H,4-5H2,1-2H3,(H,10,11). The molecule has 4 nitrogen and oxygen atoms in total. The van der Waals surface area contributed by atoms with Gasteiger partial charge in [0.15, 0.2) is 0 Å². The summed E-state index contributed by atoms with van der Waals surface area (Å²) in [6.07, 6.45) is 2.29. The molecule has 0 fully saturated rings. The maximum atomic E-state index is 10.9. The lowest BCUT2D eigenvalue weighted by molar-refractivity contribution is -0.141. The van der Waals surface area contributed by atoms with Gasteiger partial charge in [-0.1, -0.05) is 0 Å². The molecule has 0 bridgehead atoms. The van der Waals surface area contributed by atoms with E-state index in [9.17, 15) is 9.59 Å². The van der Waals surface area contributed by atoms with E-state index >= 15 is 0 Å². The molecule has 1 N–H and O–H groups in total. The highest BCUT2D eigenvalue weighted by Gasteiger charge is 2.20. The van der Waals surface area contributed by atoms with E-state index in [0.29, 0.717) is 6.42 Å². The molecule has 0 saturated heterocycles. The van der Waals surface area contributed by atoms with Crippen LogP contribution in [0.3, 0.4) is 0 Å². The van der Waals surface area contributed by atoms with Crippen LogP contribution in [-0.4, -0.2) is 24.7 Å². The molecule has 1 amide bonds. The van der Waals surface area contributed by atoms with E-state index in [1.165, 1.54) is 14.0 Å². The van der Waals surface area contributed by atoms with Gasteiger partial charge < -0.3 is 10.1 Å². The van der Waals surface area contributed by atoms with E-state index in [1.807, 2.05) is 6.08 Å². The van der Waals surface area contributed by atoms with Crippen LogP contribution in [0.2, 0.25) is 0 Å². The van der Waals surface area contributed by atoms with Crippen LogP contribution in [0, 0.1) is 5.92 Å². The Bertz CT molecular complexity index is 275. The topological polar surface area (TPSA) is 55.4 Å². The summed E-state index contributed by atoms with van der Waals surface area (Å²) in [5.74, 6) is 0.706. The molecule has 0 aliphatic carbocycles. The highest BCUT2D eigenvalue weighted by Crippen LogP contribution is 2.29. The Morgan fingerprint density at radius 2 is 2.43 bits per heavy atom. The van der Waals surface area contributed by atoms with Gasteiger partial charge in [0.2, 0.25) is 5.91 Å². The van der Waals surface area contributed by atoms with Gasteiger partial charge in [0.25, 0.3) is 0 Å². The first-order chi connectivity index (χ1) is 6.61. The van der Waals surface area contributed by atoms with Gasteiger partial charge >= 0.3 is 5.97 Å². The second kappa shape index (κ2) is 5.05. The van der Waals surface area contributed by atoms with Crippen LogP contribution < -0.4 is 5.32 Å². The number of allylic oxidation sites excluding steroid dienone is 1. The van der Waals surface area contributed by atoms with Crippen molar-refractivity contribution in [2.75, 3.05) is 12.9 Å². The molecule has 0 aromatic rings. The number of methoxy groups -OCH3 is 1. The van der Waals surface area contributed by atoms with Crippen molar-refractivity contribution in [2.24, 2.45) is 5.92 Å². The number of rotatable bonds is 3.